The minimum absolute atomic E-state index is 0.0155. The number of amides is 2. The molecule has 0 saturated carbocycles. The van der Waals surface area contributed by atoms with Crippen LogP contribution in [-0.4, -0.2) is 35.6 Å². The van der Waals surface area contributed by atoms with Gasteiger partial charge in [-0.3, -0.25) is 9.59 Å². The van der Waals surface area contributed by atoms with E-state index in [0.29, 0.717) is 10.6 Å². The van der Waals surface area contributed by atoms with E-state index in [4.69, 9.17) is 5.26 Å². The number of hydrogen-bond donors (Lipinski definition) is 1. The minimum Gasteiger partial charge on any atom is -0.342 e. The van der Waals surface area contributed by atoms with Gasteiger partial charge in [-0.1, -0.05) is 25.6 Å². The summed E-state index contributed by atoms with van der Waals surface area (Å²) >= 11 is 1.17. The molecule has 0 bridgehead atoms. The first kappa shape index (κ1) is 16.4. The van der Waals surface area contributed by atoms with Crippen LogP contribution in [0.5, 0.6) is 0 Å². The van der Waals surface area contributed by atoms with Crippen LogP contribution in [0, 0.1) is 34.0 Å². The zero-order valence-corrected chi connectivity index (χ0v) is 13.5. The van der Waals surface area contributed by atoms with E-state index in [1.54, 1.807) is 18.7 Å². The molecule has 0 aromatic carbocycles. The lowest BCUT2D eigenvalue weighted by atomic mass is 9.72. The second-order valence-electron chi connectivity index (χ2n) is 5.97. The van der Waals surface area contributed by atoms with Gasteiger partial charge in [0, 0.05) is 18.5 Å². The Morgan fingerprint density at radius 3 is 2.59 bits per heavy atom. The first-order valence-electron chi connectivity index (χ1n) is 7.17. The fraction of sp³-hybridized carbons (Fsp3) is 0.600. The first-order valence-corrected chi connectivity index (χ1v) is 8.16. The highest BCUT2D eigenvalue weighted by molar-refractivity contribution is 8.03. The molecular formula is C15H18N4O2S. The molecule has 0 radical (unpaired) electrons. The normalized spacial score (nSPS) is 23.7. The van der Waals surface area contributed by atoms with Gasteiger partial charge in [0.05, 0.1) is 28.5 Å². The van der Waals surface area contributed by atoms with Crippen LogP contribution in [0.15, 0.2) is 10.6 Å². The lowest BCUT2D eigenvalue weighted by molar-refractivity contribution is -0.127. The molecule has 1 N–H and O–H groups in total. The topological polar surface area (TPSA) is 97.0 Å². The van der Waals surface area contributed by atoms with Gasteiger partial charge in [0.1, 0.15) is 5.92 Å². The molecule has 7 heteroatoms. The molecule has 2 rings (SSSR count). The fourth-order valence-electron chi connectivity index (χ4n) is 2.73. The summed E-state index contributed by atoms with van der Waals surface area (Å²) in [5, 5.41) is 21.6. The van der Waals surface area contributed by atoms with Crippen molar-refractivity contribution in [2.45, 2.75) is 26.7 Å². The zero-order valence-electron chi connectivity index (χ0n) is 12.7. The standard InChI is InChI=1S/C15H18N4O2S/c1-15(2)10(7-16)13(21)18-14(11(15)8-17)22-9-12(20)19-5-3-4-6-19/h10H,3-6,9H2,1-2H3,(H,18,21)/t10-/m1/s1. The third kappa shape index (κ3) is 2.95. The van der Waals surface area contributed by atoms with Gasteiger partial charge in [-0.2, -0.15) is 10.5 Å². The van der Waals surface area contributed by atoms with Crippen LogP contribution in [0.25, 0.3) is 0 Å². The van der Waals surface area contributed by atoms with Gasteiger partial charge in [0.15, 0.2) is 0 Å². The van der Waals surface area contributed by atoms with Crippen LogP contribution in [-0.2, 0) is 9.59 Å². The van der Waals surface area contributed by atoms with Crippen molar-refractivity contribution in [3.05, 3.63) is 10.6 Å². The number of nitrogens with zero attached hydrogens (tertiary/aromatic N) is 3. The number of allylic oxidation sites excluding steroid dienone is 1. The van der Waals surface area contributed by atoms with Crippen molar-refractivity contribution in [1.29, 1.82) is 10.5 Å². The number of nitriles is 2. The Kier molecular flexibility index (Phi) is 4.77. The fourth-order valence-corrected chi connectivity index (χ4v) is 3.80. The Morgan fingerprint density at radius 2 is 2.05 bits per heavy atom. The summed E-state index contributed by atoms with van der Waals surface area (Å²) in [5.74, 6) is -1.11. The highest BCUT2D eigenvalue weighted by Crippen LogP contribution is 2.41. The van der Waals surface area contributed by atoms with Gasteiger partial charge in [-0.25, -0.2) is 0 Å². The number of hydrogen-bond acceptors (Lipinski definition) is 5. The Bertz CT molecular complexity index is 606. The number of rotatable bonds is 3. The van der Waals surface area contributed by atoms with Crippen LogP contribution in [0.1, 0.15) is 26.7 Å². The van der Waals surface area contributed by atoms with Gasteiger partial charge in [-0.15, -0.1) is 0 Å². The molecule has 0 aromatic rings. The molecule has 22 heavy (non-hydrogen) atoms. The van der Waals surface area contributed by atoms with E-state index >= 15 is 0 Å². The van der Waals surface area contributed by atoms with Crippen molar-refractivity contribution < 1.29 is 9.59 Å². The molecule has 116 valence electrons. The van der Waals surface area contributed by atoms with E-state index in [2.05, 4.69) is 11.4 Å². The molecule has 0 unspecified atom stereocenters. The SMILES string of the molecule is CC1(C)C(C#N)=C(SCC(=O)N2CCCC2)NC(=O)[C@H]1C#N. The van der Waals surface area contributed by atoms with Crippen molar-refractivity contribution in [3.63, 3.8) is 0 Å². The molecule has 0 aromatic heterocycles. The van der Waals surface area contributed by atoms with E-state index in [-0.39, 0.29) is 11.7 Å². The van der Waals surface area contributed by atoms with Crippen molar-refractivity contribution in [2.75, 3.05) is 18.8 Å². The summed E-state index contributed by atoms with van der Waals surface area (Å²) in [6.45, 7) is 4.97. The van der Waals surface area contributed by atoms with Crippen LogP contribution >= 0.6 is 11.8 Å². The van der Waals surface area contributed by atoms with Crippen molar-refractivity contribution in [1.82, 2.24) is 10.2 Å². The minimum atomic E-state index is -0.902. The van der Waals surface area contributed by atoms with Crippen molar-refractivity contribution >= 4 is 23.6 Å². The van der Waals surface area contributed by atoms with Gasteiger partial charge in [0.2, 0.25) is 11.8 Å². The second kappa shape index (κ2) is 6.41. The molecule has 0 aliphatic carbocycles. The summed E-state index contributed by atoms with van der Waals surface area (Å²) in [6.07, 6.45) is 2.05. The molecule has 1 atom stereocenters. The lowest BCUT2D eigenvalue weighted by Gasteiger charge is -2.34. The molecular weight excluding hydrogens is 300 g/mol. The first-order chi connectivity index (χ1) is 10.4. The van der Waals surface area contributed by atoms with Crippen molar-refractivity contribution in [2.24, 2.45) is 11.3 Å². The monoisotopic (exact) mass is 318 g/mol. The van der Waals surface area contributed by atoms with E-state index in [0.717, 1.165) is 25.9 Å². The van der Waals surface area contributed by atoms with Crippen LogP contribution in [0.2, 0.25) is 0 Å². The summed E-state index contributed by atoms with van der Waals surface area (Å²) in [6, 6.07) is 4.05. The Morgan fingerprint density at radius 1 is 1.41 bits per heavy atom. The maximum absolute atomic E-state index is 12.1. The van der Waals surface area contributed by atoms with E-state index < -0.39 is 17.2 Å². The molecule has 2 amide bonds. The Balaban J connectivity index is 2.16. The third-order valence-corrected chi connectivity index (χ3v) is 5.12. The molecule has 2 aliphatic heterocycles. The van der Waals surface area contributed by atoms with E-state index in [1.165, 1.54) is 11.8 Å². The lowest BCUT2D eigenvalue weighted by Crippen LogP contribution is -2.44. The number of carbonyl (C=O) groups excluding carboxylic acids is 2. The summed E-state index contributed by atoms with van der Waals surface area (Å²) in [5.41, 5.74) is -0.497. The molecule has 2 heterocycles. The number of nitrogens with one attached hydrogen (secondary N) is 1. The van der Waals surface area contributed by atoms with Crippen molar-refractivity contribution in [3.8, 4) is 12.1 Å². The Hall–Kier alpha value is -1.99. The zero-order chi connectivity index (χ0) is 16.3. The summed E-state index contributed by atoms with van der Waals surface area (Å²) in [7, 11) is 0. The smallest absolute Gasteiger partial charge is 0.243 e. The molecule has 0 spiro atoms. The predicted octanol–water partition coefficient (Wildman–Crippen LogP) is 1.37. The quantitative estimate of drug-likeness (QED) is 0.847. The third-order valence-electron chi connectivity index (χ3n) is 4.13. The van der Waals surface area contributed by atoms with Gasteiger partial charge in [0.25, 0.3) is 0 Å². The van der Waals surface area contributed by atoms with Gasteiger partial charge in [-0.05, 0) is 12.8 Å². The number of carbonyl (C=O) groups is 2. The van der Waals surface area contributed by atoms with Crippen LogP contribution in [0.4, 0.5) is 0 Å². The maximum Gasteiger partial charge on any atom is 0.243 e. The largest absolute Gasteiger partial charge is 0.342 e. The summed E-state index contributed by atoms with van der Waals surface area (Å²) < 4.78 is 0. The molecule has 6 nitrogen and oxygen atoms in total. The maximum atomic E-state index is 12.1. The highest BCUT2D eigenvalue weighted by Gasteiger charge is 2.44. The van der Waals surface area contributed by atoms with Gasteiger partial charge < -0.3 is 10.2 Å². The number of likely N-dealkylation sites (tertiary alicyclic amines) is 1. The summed E-state index contributed by atoms with van der Waals surface area (Å²) in [4.78, 5) is 25.9. The second-order valence-corrected chi connectivity index (χ2v) is 6.95. The predicted molar refractivity (Wildman–Crippen MR) is 81.9 cm³/mol. The average molecular weight is 318 g/mol. The Labute approximate surface area is 134 Å². The highest BCUT2D eigenvalue weighted by atomic mass is 32.2. The van der Waals surface area contributed by atoms with Crippen LogP contribution in [0.3, 0.4) is 0 Å². The van der Waals surface area contributed by atoms with Gasteiger partial charge >= 0.3 is 0 Å². The van der Waals surface area contributed by atoms with E-state index in [1.807, 2.05) is 6.07 Å². The average Bonchev–Trinajstić information content (AvgIpc) is 2.98. The molecule has 2 aliphatic rings. The van der Waals surface area contributed by atoms with E-state index in [9.17, 15) is 14.9 Å². The van der Waals surface area contributed by atoms with Crippen LogP contribution < -0.4 is 5.32 Å². The molecule has 1 saturated heterocycles. The number of thioether (sulfide) groups is 1. The molecule has 1 fully saturated rings.